The number of thiol groups is 1. The summed E-state index contributed by atoms with van der Waals surface area (Å²) in [6.07, 6.45) is 8.56. The van der Waals surface area contributed by atoms with Gasteiger partial charge in [-0.25, -0.2) is 4.98 Å². The van der Waals surface area contributed by atoms with E-state index in [0.717, 1.165) is 27.5 Å². The number of nitrogens with one attached hydrogen (secondary N) is 1. The van der Waals surface area contributed by atoms with Gasteiger partial charge in [-0.2, -0.15) is 9.61 Å². The Morgan fingerprint density at radius 1 is 1.26 bits per heavy atom. The normalized spacial score (nSPS) is 11.0. The number of furan rings is 1. The molecule has 0 aromatic carbocycles. The second-order valence-electron chi connectivity index (χ2n) is 5.02. The largest absolute Gasteiger partial charge is 0.472 e. The van der Waals surface area contributed by atoms with Crippen molar-refractivity contribution >= 4 is 24.1 Å². The van der Waals surface area contributed by atoms with E-state index in [1.807, 2.05) is 30.5 Å². The first-order chi connectivity index (χ1) is 11.3. The molecule has 0 saturated heterocycles. The van der Waals surface area contributed by atoms with Crippen LogP contribution in [0, 0.1) is 0 Å². The van der Waals surface area contributed by atoms with Gasteiger partial charge in [0.05, 0.1) is 29.3 Å². The van der Waals surface area contributed by atoms with Crippen molar-refractivity contribution < 1.29 is 4.42 Å². The molecule has 0 aliphatic rings. The van der Waals surface area contributed by atoms with Crippen LogP contribution in [0.1, 0.15) is 5.56 Å². The van der Waals surface area contributed by atoms with E-state index in [1.165, 1.54) is 0 Å². The molecule has 0 fully saturated rings. The summed E-state index contributed by atoms with van der Waals surface area (Å²) in [4.78, 5) is 9.45. The highest BCUT2D eigenvalue weighted by atomic mass is 32.1. The van der Waals surface area contributed by atoms with Crippen LogP contribution in [0.25, 0.3) is 16.9 Å². The summed E-state index contributed by atoms with van der Waals surface area (Å²) in [6.45, 7) is 0.638. The quantitative estimate of drug-likeness (QED) is 0.564. The predicted octanol–water partition coefficient (Wildman–Crippen LogP) is 3.29. The van der Waals surface area contributed by atoms with Crippen LogP contribution < -0.4 is 5.32 Å². The van der Waals surface area contributed by atoms with E-state index in [0.29, 0.717) is 12.2 Å². The molecule has 23 heavy (non-hydrogen) atoms. The molecule has 0 saturated carbocycles. The molecule has 1 N–H and O–H groups in total. The number of pyridine rings is 1. The van der Waals surface area contributed by atoms with E-state index in [-0.39, 0.29) is 0 Å². The molecule has 4 aromatic rings. The molecular formula is C16H13N5OS. The van der Waals surface area contributed by atoms with E-state index in [1.54, 1.807) is 29.4 Å². The standard InChI is InChI=1S/C16H13N5OS/c23-14-9-19-21-15(18-8-11-2-1-4-17-7-11)6-13(20-16(14)21)12-3-5-22-10-12/h1-7,9-10,18,23H,8H2. The number of fused-ring (bicyclic) bond motifs is 1. The lowest BCUT2D eigenvalue weighted by molar-refractivity contribution is 0.568. The Morgan fingerprint density at radius 3 is 3.00 bits per heavy atom. The maximum atomic E-state index is 5.15. The fraction of sp³-hybridized carbons (Fsp3) is 0.0625. The van der Waals surface area contributed by atoms with Gasteiger partial charge in [0.15, 0.2) is 5.65 Å². The molecule has 0 radical (unpaired) electrons. The third-order valence-electron chi connectivity index (χ3n) is 3.47. The predicted molar refractivity (Wildman–Crippen MR) is 89.5 cm³/mol. The van der Waals surface area contributed by atoms with E-state index in [9.17, 15) is 0 Å². The summed E-state index contributed by atoms with van der Waals surface area (Å²) < 4.78 is 6.89. The number of hydrogen-bond acceptors (Lipinski definition) is 6. The Balaban J connectivity index is 1.75. The third-order valence-corrected chi connectivity index (χ3v) is 3.78. The minimum absolute atomic E-state index is 0.638. The van der Waals surface area contributed by atoms with Gasteiger partial charge >= 0.3 is 0 Å². The van der Waals surface area contributed by atoms with Crippen LogP contribution in [-0.4, -0.2) is 19.6 Å². The van der Waals surface area contributed by atoms with Crippen LogP contribution in [0.15, 0.2) is 64.7 Å². The summed E-state index contributed by atoms with van der Waals surface area (Å²) in [5.74, 6) is 0.829. The first kappa shape index (κ1) is 13.8. The molecule has 114 valence electrons. The van der Waals surface area contributed by atoms with Crippen molar-refractivity contribution in [3.8, 4) is 11.3 Å². The first-order valence-corrected chi connectivity index (χ1v) is 7.49. The molecule has 6 nitrogen and oxygen atoms in total. The average Bonchev–Trinajstić information content (AvgIpc) is 3.24. The topological polar surface area (TPSA) is 68.2 Å². The Morgan fingerprint density at radius 2 is 2.22 bits per heavy atom. The maximum absolute atomic E-state index is 5.15. The first-order valence-electron chi connectivity index (χ1n) is 7.04. The number of aromatic nitrogens is 4. The molecule has 0 aliphatic heterocycles. The van der Waals surface area contributed by atoms with E-state index in [2.05, 4.69) is 33.0 Å². The van der Waals surface area contributed by atoms with Crippen LogP contribution in [0.5, 0.6) is 0 Å². The lowest BCUT2D eigenvalue weighted by Gasteiger charge is -2.10. The van der Waals surface area contributed by atoms with Gasteiger partial charge in [0.1, 0.15) is 5.82 Å². The summed E-state index contributed by atoms with van der Waals surface area (Å²) in [6, 6.07) is 7.74. The van der Waals surface area contributed by atoms with Gasteiger partial charge in [0, 0.05) is 30.6 Å². The molecule has 0 spiro atoms. The van der Waals surface area contributed by atoms with Crippen molar-refractivity contribution in [1.29, 1.82) is 0 Å². The smallest absolute Gasteiger partial charge is 0.171 e. The van der Waals surface area contributed by atoms with Crippen molar-refractivity contribution in [1.82, 2.24) is 19.6 Å². The van der Waals surface area contributed by atoms with E-state index < -0.39 is 0 Å². The lowest BCUT2D eigenvalue weighted by atomic mass is 10.2. The van der Waals surface area contributed by atoms with Crippen molar-refractivity contribution in [2.24, 2.45) is 0 Å². The fourth-order valence-corrected chi connectivity index (χ4v) is 2.53. The average molecular weight is 323 g/mol. The van der Waals surface area contributed by atoms with Crippen molar-refractivity contribution in [2.75, 3.05) is 5.32 Å². The Kier molecular flexibility index (Phi) is 3.47. The number of hydrogen-bond donors (Lipinski definition) is 2. The molecule has 4 rings (SSSR count). The second-order valence-corrected chi connectivity index (χ2v) is 5.50. The molecule has 0 unspecified atom stereocenters. The van der Waals surface area contributed by atoms with Gasteiger partial charge in [-0.3, -0.25) is 4.98 Å². The minimum atomic E-state index is 0.638. The third kappa shape index (κ3) is 2.66. The fourth-order valence-electron chi connectivity index (χ4n) is 2.33. The van der Waals surface area contributed by atoms with Crippen LogP contribution in [0.3, 0.4) is 0 Å². The Bertz CT molecular complexity index is 934. The molecule has 0 amide bonds. The SMILES string of the molecule is Sc1cnn2c(NCc3cccnc3)cc(-c3ccoc3)nc12. The highest BCUT2D eigenvalue weighted by molar-refractivity contribution is 7.80. The molecule has 4 heterocycles. The van der Waals surface area contributed by atoms with E-state index in [4.69, 9.17) is 4.42 Å². The van der Waals surface area contributed by atoms with Gasteiger partial charge in [-0.05, 0) is 17.7 Å². The second kappa shape index (κ2) is 5.77. The maximum Gasteiger partial charge on any atom is 0.171 e. The Labute approximate surface area is 137 Å². The summed E-state index contributed by atoms with van der Waals surface area (Å²) in [5.41, 5.74) is 3.49. The van der Waals surface area contributed by atoms with Crippen molar-refractivity contribution in [2.45, 2.75) is 11.4 Å². The number of rotatable bonds is 4. The zero-order valence-corrected chi connectivity index (χ0v) is 12.9. The Hall–Kier alpha value is -2.80. The number of nitrogens with zero attached hydrogens (tertiary/aromatic N) is 4. The minimum Gasteiger partial charge on any atom is -0.472 e. The molecular weight excluding hydrogens is 310 g/mol. The highest BCUT2D eigenvalue weighted by Gasteiger charge is 2.11. The molecule has 0 atom stereocenters. The zero-order valence-electron chi connectivity index (χ0n) is 12.0. The molecule has 7 heteroatoms. The van der Waals surface area contributed by atoms with Gasteiger partial charge in [-0.1, -0.05) is 6.07 Å². The molecule has 0 bridgehead atoms. The summed E-state index contributed by atoms with van der Waals surface area (Å²) in [7, 11) is 0. The van der Waals surface area contributed by atoms with Gasteiger partial charge in [0.2, 0.25) is 0 Å². The summed E-state index contributed by atoms with van der Waals surface area (Å²) >= 11 is 4.42. The van der Waals surface area contributed by atoms with Gasteiger partial charge in [0.25, 0.3) is 0 Å². The summed E-state index contributed by atoms with van der Waals surface area (Å²) in [5, 5.41) is 7.70. The van der Waals surface area contributed by atoms with Gasteiger partial charge in [-0.15, -0.1) is 12.6 Å². The van der Waals surface area contributed by atoms with Gasteiger partial charge < -0.3 is 9.73 Å². The van der Waals surface area contributed by atoms with Crippen LogP contribution in [0.4, 0.5) is 5.82 Å². The zero-order chi connectivity index (χ0) is 15.6. The van der Waals surface area contributed by atoms with E-state index >= 15 is 0 Å². The van der Waals surface area contributed by atoms with Crippen molar-refractivity contribution in [3.05, 3.63) is 60.9 Å². The van der Waals surface area contributed by atoms with Crippen molar-refractivity contribution in [3.63, 3.8) is 0 Å². The number of anilines is 1. The van der Waals surface area contributed by atoms with Crippen LogP contribution >= 0.6 is 12.6 Å². The highest BCUT2D eigenvalue weighted by Crippen LogP contribution is 2.25. The monoisotopic (exact) mass is 323 g/mol. The molecule has 0 aliphatic carbocycles. The molecule has 4 aromatic heterocycles. The van der Waals surface area contributed by atoms with Crippen LogP contribution in [0.2, 0.25) is 0 Å². The van der Waals surface area contributed by atoms with Crippen LogP contribution in [-0.2, 0) is 6.54 Å². The lowest BCUT2D eigenvalue weighted by Crippen LogP contribution is -2.06.